The van der Waals surface area contributed by atoms with E-state index in [1.54, 1.807) is 11.3 Å². The Labute approximate surface area is 135 Å². The van der Waals surface area contributed by atoms with Crippen LogP contribution in [-0.4, -0.2) is 16.1 Å². The number of anilines is 1. The molecule has 1 heterocycles. The molecule has 2 N–H and O–H groups in total. The molecule has 1 aliphatic rings. The molecule has 0 radical (unpaired) electrons. The average molecular weight is 319 g/mol. The van der Waals surface area contributed by atoms with E-state index in [4.69, 9.17) is 12.2 Å². The summed E-state index contributed by atoms with van der Waals surface area (Å²) in [5, 5.41) is 8.29. The van der Waals surface area contributed by atoms with Crippen molar-refractivity contribution in [3.05, 3.63) is 24.3 Å². The second kappa shape index (κ2) is 7.18. The summed E-state index contributed by atoms with van der Waals surface area (Å²) in [4.78, 5) is 4.56. The number of para-hydroxylation sites is 1. The van der Waals surface area contributed by atoms with Crippen LogP contribution in [0.15, 0.2) is 24.3 Å². The highest BCUT2D eigenvalue weighted by atomic mass is 32.1. The molecule has 0 amide bonds. The van der Waals surface area contributed by atoms with E-state index in [2.05, 4.69) is 21.7 Å². The molecule has 3 rings (SSSR count). The van der Waals surface area contributed by atoms with Crippen LogP contribution < -0.4 is 10.6 Å². The third-order valence-corrected chi connectivity index (χ3v) is 5.13. The normalized spacial score (nSPS) is 17.1. The van der Waals surface area contributed by atoms with Gasteiger partial charge in [0.25, 0.3) is 0 Å². The Morgan fingerprint density at radius 1 is 1.10 bits per heavy atom. The first-order valence-corrected chi connectivity index (χ1v) is 8.97. The van der Waals surface area contributed by atoms with Crippen LogP contribution in [0.5, 0.6) is 0 Å². The highest BCUT2D eigenvalue weighted by Crippen LogP contribution is 2.25. The monoisotopic (exact) mass is 319 g/mol. The highest BCUT2D eigenvalue weighted by molar-refractivity contribution is 7.80. The number of thiazole rings is 1. The lowest BCUT2D eigenvalue weighted by molar-refractivity contribution is 0.430. The predicted molar refractivity (Wildman–Crippen MR) is 95.1 cm³/mol. The first-order chi connectivity index (χ1) is 10.3. The molecule has 21 heavy (non-hydrogen) atoms. The van der Waals surface area contributed by atoms with Gasteiger partial charge in [0.05, 0.1) is 10.2 Å². The molecule has 1 aromatic carbocycles. The summed E-state index contributed by atoms with van der Waals surface area (Å²) in [6.07, 6.45) is 9.17. The molecular weight excluding hydrogens is 298 g/mol. The van der Waals surface area contributed by atoms with Gasteiger partial charge in [0, 0.05) is 6.04 Å². The molecular formula is C16H21N3S2. The number of hydrogen-bond acceptors (Lipinski definition) is 3. The molecule has 2 aromatic rings. The van der Waals surface area contributed by atoms with E-state index in [1.165, 1.54) is 49.6 Å². The summed E-state index contributed by atoms with van der Waals surface area (Å²) in [6.45, 7) is 0. The van der Waals surface area contributed by atoms with Gasteiger partial charge in [-0.05, 0) is 37.2 Å². The van der Waals surface area contributed by atoms with Crippen LogP contribution in [0.2, 0.25) is 0 Å². The first kappa shape index (κ1) is 14.7. The molecule has 1 fully saturated rings. The minimum Gasteiger partial charge on any atom is -0.360 e. The van der Waals surface area contributed by atoms with E-state index < -0.39 is 0 Å². The number of nitrogens with zero attached hydrogens (tertiary/aromatic N) is 1. The Balaban J connectivity index is 1.57. The van der Waals surface area contributed by atoms with Crippen LogP contribution in [0.4, 0.5) is 5.13 Å². The second-order valence-electron chi connectivity index (χ2n) is 5.63. The van der Waals surface area contributed by atoms with E-state index in [0.717, 1.165) is 10.6 Å². The van der Waals surface area contributed by atoms with Gasteiger partial charge in [-0.2, -0.15) is 0 Å². The number of aromatic nitrogens is 1. The Kier molecular flexibility index (Phi) is 5.04. The minimum absolute atomic E-state index is 0.514. The molecule has 5 heteroatoms. The van der Waals surface area contributed by atoms with Gasteiger partial charge in [-0.3, -0.25) is 0 Å². The van der Waals surface area contributed by atoms with E-state index in [0.29, 0.717) is 11.2 Å². The maximum Gasteiger partial charge on any atom is 0.190 e. The van der Waals surface area contributed by atoms with Crippen molar-refractivity contribution in [2.45, 2.75) is 51.0 Å². The van der Waals surface area contributed by atoms with Gasteiger partial charge in [0.1, 0.15) is 0 Å². The quantitative estimate of drug-likeness (QED) is 0.787. The topological polar surface area (TPSA) is 37.0 Å². The van der Waals surface area contributed by atoms with Gasteiger partial charge in [0.2, 0.25) is 0 Å². The summed E-state index contributed by atoms with van der Waals surface area (Å²) < 4.78 is 1.19. The SMILES string of the molecule is S=C(Nc1nc2ccccc2s1)NC1CCCCCCC1. The van der Waals surface area contributed by atoms with Crippen molar-refractivity contribution in [2.24, 2.45) is 0 Å². The molecule has 112 valence electrons. The summed E-state index contributed by atoms with van der Waals surface area (Å²) in [5.41, 5.74) is 1.03. The van der Waals surface area contributed by atoms with Crippen LogP contribution >= 0.6 is 23.6 Å². The van der Waals surface area contributed by atoms with Gasteiger partial charge in [-0.1, -0.05) is 55.6 Å². The lowest BCUT2D eigenvalue weighted by Gasteiger charge is -2.22. The standard InChI is InChI=1S/C16H21N3S2/c20-15(17-12-8-4-2-1-3-5-9-12)19-16-18-13-10-6-7-11-14(13)21-16/h6-7,10-12H,1-5,8-9H2,(H2,17,18,19,20). The van der Waals surface area contributed by atoms with Gasteiger partial charge in [-0.25, -0.2) is 4.98 Å². The van der Waals surface area contributed by atoms with Crippen molar-refractivity contribution in [1.82, 2.24) is 10.3 Å². The molecule has 1 aromatic heterocycles. The van der Waals surface area contributed by atoms with E-state index in [-0.39, 0.29) is 0 Å². The summed E-state index contributed by atoms with van der Waals surface area (Å²) >= 11 is 7.09. The van der Waals surface area contributed by atoms with E-state index >= 15 is 0 Å². The molecule has 0 spiro atoms. The zero-order valence-corrected chi connectivity index (χ0v) is 13.7. The second-order valence-corrected chi connectivity index (χ2v) is 7.07. The van der Waals surface area contributed by atoms with E-state index in [9.17, 15) is 0 Å². The maximum absolute atomic E-state index is 5.44. The van der Waals surface area contributed by atoms with Crippen molar-refractivity contribution in [1.29, 1.82) is 0 Å². The van der Waals surface area contributed by atoms with Crippen LogP contribution in [-0.2, 0) is 0 Å². The molecule has 0 atom stereocenters. The van der Waals surface area contributed by atoms with Gasteiger partial charge < -0.3 is 10.6 Å². The maximum atomic E-state index is 5.44. The fourth-order valence-electron chi connectivity index (χ4n) is 2.84. The molecule has 3 nitrogen and oxygen atoms in total. The van der Waals surface area contributed by atoms with Gasteiger partial charge in [0.15, 0.2) is 10.2 Å². The number of hydrogen-bond donors (Lipinski definition) is 2. The Bertz CT molecular complexity index is 567. The van der Waals surface area contributed by atoms with Crippen molar-refractivity contribution in [3.63, 3.8) is 0 Å². The lowest BCUT2D eigenvalue weighted by Crippen LogP contribution is -2.38. The summed E-state index contributed by atoms with van der Waals surface area (Å²) in [7, 11) is 0. The Hall–Kier alpha value is -1.20. The Morgan fingerprint density at radius 2 is 1.81 bits per heavy atom. The summed E-state index contributed by atoms with van der Waals surface area (Å²) in [5.74, 6) is 0. The molecule has 0 saturated heterocycles. The van der Waals surface area contributed by atoms with Crippen LogP contribution in [0.25, 0.3) is 10.2 Å². The van der Waals surface area contributed by atoms with Crippen molar-refractivity contribution < 1.29 is 0 Å². The zero-order chi connectivity index (χ0) is 14.5. The minimum atomic E-state index is 0.514. The van der Waals surface area contributed by atoms with Crippen LogP contribution in [0.3, 0.4) is 0 Å². The summed E-state index contributed by atoms with van der Waals surface area (Å²) in [6, 6.07) is 8.68. The molecule has 0 aliphatic heterocycles. The molecule has 0 unspecified atom stereocenters. The van der Waals surface area contributed by atoms with Crippen LogP contribution in [0.1, 0.15) is 44.9 Å². The molecule has 0 bridgehead atoms. The van der Waals surface area contributed by atoms with Gasteiger partial charge in [-0.15, -0.1) is 0 Å². The smallest absolute Gasteiger partial charge is 0.190 e. The van der Waals surface area contributed by atoms with Crippen molar-refractivity contribution in [2.75, 3.05) is 5.32 Å². The number of fused-ring (bicyclic) bond motifs is 1. The third kappa shape index (κ3) is 4.14. The zero-order valence-electron chi connectivity index (χ0n) is 12.1. The number of thiocarbonyl (C=S) groups is 1. The number of rotatable bonds is 2. The highest BCUT2D eigenvalue weighted by Gasteiger charge is 2.13. The lowest BCUT2D eigenvalue weighted by atomic mass is 9.97. The largest absolute Gasteiger partial charge is 0.360 e. The van der Waals surface area contributed by atoms with Crippen molar-refractivity contribution in [3.8, 4) is 0 Å². The number of nitrogens with one attached hydrogen (secondary N) is 2. The first-order valence-electron chi connectivity index (χ1n) is 7.74. The predicted octanol–water partition coefficient (Wildman–Crippen LogP) is 4.70. The fourth-order valence-corrected chi connectivity index (χ4v) is 4.04. The van der Waals surface area contributed by atoms with Gasteiger partial charge >= 0.3 is 0 Å². The number of benzene rings is 1. The molecule has 1 saturated carbocycles. The Morgan fingerprint density at radius 3 is 2.57 bits per heavy atom. The average Bonchev–Trinajstić information content (AvgIpc) is 2.83. The fraction of sp³-hybridized carbons (Fsp3) is 0.500. The van der Waals surface area contributed by atoms with E-state index in [1.807, 2.05) is 18.2 Å². The van der Waals surface area contributed by atoms with Crippen molar-refractivity contribution >= 4 is 44.0 Å². The van der Waals surface area contributed by atoms with Crippen LogP contribution in [0, 0.1) is 0 Å². The molecule has 1 aliphatic carbocycles. The third-order valence-electron chi connectivity index (χ3n) is 3.95.